The van der Waals surface area contributed by atoms with Gasteiger partial charge in [-0.25, -0.2) is 22.2 Å². The maximum absolute atomic E-state index is 12.7. The second-order valence-corrected chi connectivity index (χ2v) is 8.19. The number of amides is 1. The molecule has 1 aliphatic rings. The van der Waals surface area contributed by atoms with Gasteiger partial charge in [0.05, 0.1) is 12.5 Å². The van der Waals surface area contributed by atoms with Crippen LogP contribution < -0.4 is 15.8 Å². The second kappa shape index (κ2) is 10.4. The molecule has 0 spiro atoms. The Kier molecular flexibility index (Phi) is 8.27. The summed E-state index contributed by atoms with van der Waals surface area (Å²) in [5.74, 6) is -0.431. The van der Waals surface area contributed by atoms with Crippen LogP contribution in [0.5, 0.6) is 5.88 Å². The van der Waals surface area contributed by atoms with Crippen molar-refractivity contribution in [3.63, 3.8) is 0 Å². The molecule has 0 aromatic carbocycles. The predicted molar refractivity (Wildman–Crippen MR) is 98.4 cm³/mol. The number of carbonyl (C=O) groups is 1. The van der Waals surface area contributed by atoms with Crippen LogP contribution in [0.1, 0.15) is 12.8 Å². The standard InChI is InChI=1S/C17H24F2N4O4S/c18-5-6-21-17(24)14-3-7-23(8-4-14)28(25,26)15-1-2-16(22-11-15)27-12-13(9-19)10-20/h1-2,9,11,14H,3-8,10,12,20H2,(H,21,24)/b13-9+. The average Bonchev–Trinajstić information content (AvgIpc) is 2.73. The Bertz CT molecular complexity index is 779. The zero-order valence-electron chi connectivity index (χ0n) is 15.3. The molecule has 0 unspecified atom stereocenters. The number of alkyl halides is 1. The lowest BCUT2D eigenvalue weighted by Crippen LogP contribution is -2.43. The average molecular weight is 418 g/mol. The molecular formula is C17H24F2N4O4S. The van der Waals surface area contributed by atoms with E-state index in [-0.39, 0.29) is 61.0 Å². The molecule has 11 heteroatoms. The zero-order valence-corrected chi connectivity index (χ0v) is 16.1. The van der Waals surface area contributed by atoms with Gasteiger partial charge in [0, 0.05) is 43.7 Å². The molecule has 0 radical (unpaired) electrons. The minimum atomic E-state index is -3.75. The number of sulfonamides is 1. The summed E-state index contributed by atoms with van der Waals surface area (Å²) in [6, 6.07) is 2.75. The van der Waals surface area contributed by atoms with Crippen molar-refractivity contribution < 1.29 is 26.7 Å². The van der Waals surface area contributed by atoms with Crippen LogP contribution in [0, 0.1) is 5.92 Å². The fraction of sp³-hybridized carbons (Fsp3) is 0.529. The number of nitrogens with one attached hydrogen (secondary N) is 1. The van der Waals surface area contributed by atoms with Crippen LogP contribution in [0.2, 0.25) is 0 Å². The molecule has 156 valence electrons. The van der Waals surface area contributed by atoms with Gasteiger partial charge in [-0.1, -0.05) is 0 Å². The number of pyridine rings is 1. The first-order valence-electron chi connectivity index (χ1n) is 8.83. The summed E-state index contributed by atoms with van der Waals surface area (Å²) < 4.78 is 56.6. The summed E-state index contributed by atoms with van der Waals surface area (Å²) in [6.07, 6.45) is 2.26. The van der Waals surface area contributed by atoms with Crippen LogP contribution in [-0.4, -0.2) is 63.1 Å². The highest BCUT2D eigenvalue weighted by Crippen LogP contribution is 2.24. The van der Waals surface area contributed by atoms with Crippen LogP contribution >= 0.6 is 0 Å². The number of carbonyl (C=O) groups excluding carboxylic acids is 1. The van der Waals surface area contributed by atoms with E-state index in [0.717, 1.165) is 0 Å². The highest BCUT2D eigenvalue weighted by Gasteiger charge is 2.32. The number of hydrogen-bond donors (Lipinski definition) is 2. The van der Waals surface area contributed by atoms with Gasteiger partial charge in [-0.15, -0.1) is 0 Å². The van der Waals surface area contributed by atoms with E-state index < -0.39 is 16.7 Å². The van der Waals surface area contributed by atoms with Gasteiger partial charge in [-0.3, -0.25) is 4.79 Å². The first-order valence-corrected chi connectivity index (χ1v) is 10.3. The van der Waals surface area contributed by atoms with E-state index in [1.807, 2.05) is 0 Å². The molecule has 2 heterocycles. The van der Waals surface area contributed by atoms with Crippen LogP contribution in [-0.2, 0) is 14.8 Å². The molecule has 1 aromatic heterocycles. The number of aromatic nitrogens is 1. The largest absolute Gasteiger partial charge is 0.473 e. The van der Waals surface area contributed by atoms with Crippen LogP contribution in [0.15, 0.2) is 35.1 Å². The monoisotopic (exact) mass is 418 g/mol. The highest BCUT2D eigenvalue weighted by molar-refractivity contribution is 7.89. The molecular weight excluding hydrogens is 394 g/mol. The smallest absolute Gasteiger partial charge is 0.244 e. The molecule has 1 fully saturated rings. The van der Waals surface area contributed by atoms with Crippen molar-refractivity contribution in [2.24, 2.45) is 11.7 Å². The molecule has 0 atom stereocenters. The van der Waals surface area contributed by atoms with E-state index in [0.29, 0.717) is 19.2 Å². The number of ether oxygens (including phenoxy) is 1. The SMILES string of the molecule is NC/C(=C\F)COc1ccc(S(=O)(=O)N2CCC(C(=O)NCCF)CC2)cn1. The fourth-order valence-corrected chi connectivity index (χ4v) is 4.14. The molecule has 1 aliphatic heterocycles. The molecule has 2 rings (SSSR count). The molecule has 0 bridgehead atoms. The Balaban J connectivity index is 1.95. The first-order chi connectivity index (χ1) is 13.4. The Hall–Kier alpha value is -2.11. The molecule has 1 saturated heterocycles. The normalized spacial score (nSPS) is 16.8. The van der Waals surface area contributed by atoms with Crippen molar-refractivity contribution in [2.45, 2.75) is 17.7 Å². The van der Waals surface area contributed by atoms with Gasteiger partial charge in [0.1, 0.15) is 18.2 Å². The van der Waals surface area contributed by atoms with E-state index in [1.54, 1.807) is 0 Å². The summed E-state index contributed by atoms with van der Waals surface area (Å²) in [6.45, 7) is -0.367. The van der Waals surface area contributed by atoms with E-state index >= 15 is 0 Å². The minimum absolute atomic E-state index is 0.000243. The quantitative estimate of drug-likeness (QED) is 0.612. The third kappa shape index (κ3) is 5.69. The Morgan fingerprint density at radius 2 is 2.11 bits per heavy atom. The van der Waals surface area contributed by atoms with Crippen LogP contribution in [0.25, 0.3) is 0 Å². The zero-order chi connectivity index (χ0) is 20.6. The molecule has 3 N–H and O–H groups in total. The van der Waals surface area contributed by atoms with Crippen molar-refractivity contribution in [3.05, 3.63) is 30.2 Å². The van der Waals surface area contributed by atoms with Crippen LogP contribution in [0.4, 0.5) is 8.78 Å². The number of hydrogen-bond acceptors (Lipinski definition) is 6. The van der Waals surface area contributed by atoms with Crippen molar-refractivity contribution in [1.82, 2.24) is 14.6 Å². The number of halogens is 2. The molecule has 28 heavy (non-hydrogen) atoms. The molecule has 1 aromatic rings. The Labute approximate surface area is 162 Å². The van der Waals surface area contributed by atoms with Gasteiger partial charge in [-0.05, 0) is 18.9 Å². The summed E-state index contributed by atoms with van der Waals surface area (Å²) in [5, 5.41) is 2.48. The lowest BCUT2D eigenvalue weighted by molar-refractivity contribution is -0.126. The summed E-state index contributed by atoms with van der Waals surface area (Å²) in [4.78, 5) is 15.8. The summed E-state index contributed by atoms with van der Waals surface area (Å²) in [7, 11) is -3.75. The van der Waals surface area contributed by atoms with Crippen LogP contribution in [0.3, 0.4) is 0 Å². The number of nitrogens with zero attached hydrogens (tertiary/aromatic N) is 2. The van der Waals surface area contributed by atoms with Crippen molar-refractivity contribution >= 4 is 15.9 Å². The third-order valence-electron chi connectivity index (χ3n) is 4.39. The Morgan fingerprint density at radius 3 is 2.64 bits per heavy atom. The molecule has 1 amide bonds. The lowest BCUT2D eigenvalue weighted by Gasteiger charge is -2.30. The van der Waals surface area contributed by atoms with Crippen molar-refractivity contribution in [2.75, 3.05) is 39.5 Å². The Morgan fingerprint density at radius 1 is 1.39 bits per heavy atom. The van der Waals surface area contributed by atoms with Crippen molar-refractivity contribution in [1.29, 1.82) is 0 Å². The predicted octanol–water partition coefficient (Wildman–Crippen LogP) is 0.759. The second-order valence-electron chi connectivity index (χ2n) is 6.25. The van der Waals surface area contributed by atoms with Gasteiger partial charge < -0.3 is 15.8 Å². The third-order valence-corrected chi connectivity index (χ3v) is 6.27. The lowest BCUT2D eigenvalue weighted by atomic mass is 9.97. The molecule has 8 nitrogen and oxygen atoms in total. The fourth-order valence-electron chi connectivity index (χ4n) is 2.73. The maximum atomic E-state index is 12.7. The molecule has 0 aliphatic carbocycles. The topological polar surface area (TPSA) is 115 Å². The van der Waals surface area contributed by atoms with Gasteiger partial charge in [0.15, 0.2) is 0 Å². The number of piperidine rings is 1. The van der Waals surface area contributed by atoms with Gasteiger partial charge >= 0.3 is 0 Å². The van der Waals surface area contributed by atoms with Gasteiger partial charge in [0.25, 0.3) is 0 Å². The van der Waals surface area contributed by atoms with Gasteiger partial charge in [0.2, 0.25) is 21.8 Å². The molecule has 0 saturated carbocycles. The minimum Gasteiger partial charge on any atom is -0.473 e. The number of nitrogens with two attached hydrogens (primary N) is 1. The summed E-state index contributed by atoms with van der Waals surface area (Å²) in [5.41, 5.74) is 5.58. The van der Waals surface area contributed by atoms with Crippen molar-refractivity contribution in [3.8, 4) is 5.88 Å². The van der Waals surface area contributed by atoms with Gasteiger partial charge in [-0.2, -0.15) is 4.31 Å². The summed E-state index contributed by atoms with van der Waals surface area (Å²) >= 11 is 0. The van der Waals surface area contributed by atoms with E-state index in [2.05, 4.69) is 10.3 Å². The maximum Gasteiger partial charge on any atom is 0.244 e. The first kappa shape index (κ1) is 22.2. The van der Waals surface area contributed by atoms with E-state index in [9.17, 15) is 22.0 Å². The van der Waals surface area contributed by atoms with E-state index in [4.69, 9.17) is 10.5 Å². The van der Waals surface area contributed by atoms with E-state index in [1.165, 1.54) is 22.6 Å². The number of rotatable bonds is 9. The highest BCUT2D eigenvalue weighted by atomic mass is 32.2.